The fourth-order valence-corrected chi connectivity index (χ4v) is 2.35. The molecule has 4 nitrogen and oxygen atoms in total. The third kappa shape index (κ3) is 3.60. The van der Waals surface area contributed by atoms with Gasteiger partial charge in [-0.2, -0.15) is 5.10 Å². The van der Waals surface area contributed by atoms with Crippen molar-refractivity contribution in [2.45, 2.75) is 13.3 Å². The minimum atomic E-state index is -0.220. The Bertz CT molecular complexity index is 807. The average molecular weight is 326 g/mol. The van der Waals surface area contributed by atoms with Crippen LogP contribution in [0.3, 0.4) is 0 Å². The first kappa shape index (κ1) is 15.3. The molecule has 0 saturated carbocycles. The molecule has 116 valence electrons. The summed E-state index contributed by atoms with van der Waals surface area (Å²) in [6.07, 6.45) is 0.971. The number of rotatable bonds is 4. The quantitative estimate of drug-likeness (QED) is 0.739. The van der Waals surface area contributed by atoms with Crippen LogP contribution in [0.15, 0.2) is 54.6 Å². The summed E-state index contributed by atoms with van der Waals surface area (Å²) in [7, 11) is 0. The van der Waals surface area contributed by atoms with Gasteiger partial charge in [-0.3, -0.25) is 9.89 Å². The lowest BCUT2D eigenvalue weighted by Gasteiger charge is -2.04. The summed E-state index contributed by atoms with van der Waals surface area (Å²) in [5.74, 6) is -0.220. The maximum atomic E-state index is 12.3. The van der Waals surface area contributed by atoms with E-state index in [1.54, 1.807) is 18.2 Å². The van der Waals surface area contributed by atoms with E-state index >= 15 is 0 Å². The Labute approximate surface area is 139 Å². The van der Waals surface area contributed by atoms with Crippen LogP contribution in [0.25, 0.3) is 11.3 Å². The Kier molecular flexibility index (Phi) is 4.44. The van der Waals surface area contributed by atoms with E-state index in [2.05, 4.69) is 22.4 Å². The number of nitrogens with one attached hydrogen (secondary N) is 2. The zero-order valence-corrected chi connectivity index (χ0v) is 13.4. The van der Waals surface area contributed by atoms with Gasteiger partial charge in [0.2, 0.25) is 0 Å². The molecule has 1 aromatic heterocycles. The standard InChI is InChI=1S/C18H16ClN3O/c1-2-12-3-9-15(10-4-12)20-18(23)17-11-16(21-22-17)13-5-7-14(19)8-6-13/h3-11H,2H2,1H3,(H,20,23)(H,21,22). The van der Waals surface area contributed by atoms with Crippen LogP contribution in [0.5, 0.6) is 0 Å². The fourth-order valence-electron chi connectivity index (χ4n) is 2.23. The molecule has 5 heteroatoms. The molecular weight excluding hydrogens is 310 g/mol. The molecule has 0 aliphatic heterocycles. The van der Waals surface area contributed by atoms with Gasteiger partial charge < -0.3 is 5.32 Å². The van der Waals surface area contributed by atoms with Crippen molar-refractivity contribution in [3.63, 3.8) is 0 Å². The van der Waals surface area contributed by atoms with Gasteiger partial charge in [0.05, 0.1) is 5.69 Å². The summed E-state index contributed by atoms with van der Waals surface area (Å²) >= 11 is 5.87. The number of aromatic nitrogens is 2. The minimum Gasteiger partial charge on any atom is -0.321 e. The molecule has 3 rings (SSSR count). The van der Waals surface area contributed by atoms with Crippen molar-refractivity contribution < 1.29 is 4.79 Å². The average Bonchev–Trinajstić information content (AvgIpc) is 3.06. The predicted octanol–water partition coefficient (Wildman–Crippen LogP) is 4.54. The largest absolute Gasteiger partial charge is 0.321 e. The lowest BCUT2D eigenvalue weighted by molar-refractivity contribution is 0.102. The molecule has 23 heavy (non-hydrogen) atoms. The molecule has 2 aromatic carbocycles. The van der Waals surface area contributed by atoms with Crippen molar-refractivity contribution in [3.05, 3.63) is 70.9 Å². The van der Waals surface area contributed by atoms with Gasteiger partial charge in [-0.25, -0.2) is 0 Å². The first-order valence-corrected chi connectivity index (χ1v) is 7.75. The lowest BCUT2D eigenvalue weighted by Crippen LogP contribution is -2.12. The van der Waals surface area contributed by atoms with E-state index in [0.717, 1.165) is 17.7 Å². The van der Waals surface area contributed by atoms with E-state index in [9.17, 15) is 4.79 Å². The van der Waals surface area contributed by atoms with Crippen molar-refractivity contribution >= 4 is 23.2 Å². The molecule has 0 spiro atoms. The van der Waals surface area contributed by atoms with Crippen LogP contribution in [-0.2, 0) is 6.42 Å². The number of carbonyl (C=O) groups excluding carboxylic acids is 1. The Morgan fingerprint density at radius 1 is 1.13 bits per heavy atom. The number of H-pyrrole nitrogens is 1. The third-order valence-corrected chi connectivity index (χ3v) is 3.83. The van der Waals surface area contributed by atoms with Gasteiger partial charge in [0.25, 0.3) is 5.91 Å². The molecule has 3 aromatic rings. The summed E-state index contributed by atoms with van der Waals surface area (Å²) in [6.45, 7) is 2.09. The summed E-state index contributed by atoms with van der Waals surface area (Å²) in [6, 6.07) is 16.8. The number of anilines is 1. The number of hydrogen-bond acceptors (Lipinski definition) is 2. The second kappa shape index (κ2) is 6.67. The molecular formula is C18H16ClN3O. The van der Waals surface area contributed by atoms with Crippen molar-refractivity contribution in [1.82, 2.24) is 10.2 Å². The number of halogens is 1. The molecule has 0 aliphatic carbocycles. The van der Waals surface area contributed by atoms with Gasteiger partial charge in [0.15, 0.2) is 0 Å². The van der Waals surface area contributed by atoms with E-state index in [1.165, 1.54) is 5.56 Å². The van der Waals surface area contributed by atoms with Crippen LogP contribution < -0.4 is 5.32 Å². The minimum absolute atomic E-state index is 0.220. The zero-order valence-electron chi connectivity index (χ0n) is 12.6. The molecule has 0 radical (unpaired) electrons. The van der Waals surface area contributed by atoms with Crippen LogP contribution in [0, 0.1) is 0 Å². The molecule has 1 heterocycles. The maximum Gasteiger partial charge on any atom is 0.273 e. The van der Waals surface area contributed by atoms with Crippen molar-refractivity contribution in [2.75, 3.05) is 5.32 Å². The number of nitrogens with zero attached hydrogens (tertiary/aromatic N) is 1. The predicted molar refractivity (Wildman–Crippen MR) is 92.8 cm³/mol. The maximum absolute atomic E-state index is 12.3. The Morgan fingerprint density at radius 3 is 2.48 bits per heavy atom. The van der Waals surface area contributed by atoms with E-state index in [0.29, 0.717) is 16.4 Å². The van der Waals surface area contributed by atoms with E-state index in [1.807, 2.05) is 36.4 Å². The van der Waals surface area contributed by atoms with E-state index in [4.69, 9.17) is 11.6 Å². The number of hydrogen-bond donors (Lipinski definition) is 2. The molecule has 0 atom stereocenters. The van der Waals surface area contributed by atoms with Crippen LogP contribution in [0.2, 0.25) is 5.02 Å². The highest BCUT2D eigenvalue weighted by Gasteiger charge is 2.11. The number of benzene rings is 2. The topological polar surface area (TPSA) is 57.8 Å². The van der Waals surface area contributed by atoms with Crippen LogP contribution >= 0.6 is 11.6 Å². The monoisotopic (exact) mass is 325 g/mol. The van der Waals surface area contributed by atoms with Crippen molar-refractivity contribution in [3.8, 4) is 11.3 Å². The second-order valence-corrected chi connectivity index (χ2v) is 5.61. The highest BCUT2D eigenvalue weighted by atomic mass is 35.5. The second-order valence-electron chi connectivity index (χ2n) is 5.18. The Balaban J connectivity index is 1.74. The number of carbonyl (C=O) groups is 1. The molecule has 2 N–H and O–H groups in total. The number of amides is 1. The summed E-state index contributed by atoms with van der Waals surface area (Å²) in [5, 5.41) is 10.5. The van der Waals surface area contributed by atoms with Crippen molar-refractivity contribution in [1.29, 1.82) is 0 Å². The molecule has 0 saturated heterocycles. The summed E-state index contributed by atoms with van der Waals surface area (Å²) in [4.78, 5) is 12.3. The normalized spacial score (nSPS) is 10.5. The third-order valence-electron chi connectivity index (χ3n) is 3.58. The molecule has 0 fully saturated rings. The van der Waals surface area contributed by atoms with Crippen molar-refractivity contribution in [2.24, 2.45) is 0 Å². The Morgan fingerprint density at radius 2 is 1.83 bits per heavy atom. The van der Waals surface area contributed by atoms with Gasteiger partial charge in [-0.15, -0.1) is 0 Å². The summed E-state index contributed by atoms with van der Waals surface area (Å²) < 4.78 is 0. The highest BCUT2D eigenvalue weighted by Crippen LogP contribution is 2.20. The first-order chi connectivity index (χ1) is 11.2. The highest BCUT2D eigenvalue weighted by molar-refractivity contribution is 6.30. The van der Waals surface area contributed by atoms with Crippen LogP contribution in [0.4, 0.5) is 5.69 Å². The van der Waals surface area contributed by atoms with Gasteiger partial charge in [0.1, 0.15) is 5.69 Å². The van der Waals surface area contributed by atoms with E-state index in [-0.39, 0.29) is 5.91 Å². The first-order valence-electron chi connectivity index (χ1n) is 7.37. The SMILES string of the molecule is CCc1ccc(NC(=O)c2cc(-c3ccc(Cl)cc3)n[nH]2)cc1. The zero-order chi connectivity index (χ0) is 16.2. The molecule has 1 amide bonds. The van der Waals surface area contributed by atoms with Crippen LogP contribution in [-0.4, -0.2) is 16.1 Å². The molecule has 0 bridgehead atoms. The van der Waals surface area contributed by atoms with Gasteiger partial charge in [0, 0.05) is 16.3 Å². The van der Waals surface area contributed by atoms with Crippen LogP contribution in [0.1, 0.15) is 23.0 Å². The van der Waals surface area contributed by atoms with Gasteiger partial charge in [-0.05, 0) is 42.3 Å². The summed E-state index contributed by atoms with van der Waals surface area (Å²) in [5.41, 5.74) is 4.00. The van der Waals surface area contributed by atoms with Gasteiger partial charge in [-0.1, -0.05) is 42.8 Å². The fraction of sp³-hybridized carbons (Fsp3) is 0.111. The smallest absolute Gasteiger partial charge is 0.273 e. The number of aryl methyl sites for hydroxylation is 1. The molecule has 0 aliphatic rings. The molecule has 0 unspecified atom stereocenters. The number of aromatic amines is 1. The van der Waals surface area contributed by atoms with E-state index < -0.39 is 0 Å². The lowest BCUT2D eigenvalue weighted by atomic mass is 10.1. The Hall–Kier alpha value is -2.59. The van der Waals surface area contributed by atoms with Gasteiger partial charge >= 0.3 is 0 Å².